The van der Waals surface area contributed by atoms with Crippen LogP contribution in [0.4, 0.5) is 17.1 Å². The van der Waals surface area contributed by atoms with Gasteiger partial charge in [0.2, 0.25) is 5.91 Å². The number of hydrogen-bond acceptors (Lipinski definition) is 3. The van der Waals surface area contributed by atoms with E-state index in [2.05, 4.69) is 29.7 Å². The second-order valence-corrected chi connectivity index (χ2v) is 6.03. The molecule has 0 aromatic heterocycles. The summed E-state index contributed by atoms with van der Waals surface area (Å²) in [5.74, 6) is 0.701. The molecule has 3 aromatic carbocycles. The van der Waals surface area contributed by atoms with E-state index in [1.54, 1.807) is 0 Å². The highest BCUT2D eigenvalue weighted by Crippen LogP contribution is 2.19. The zero-order valence-corrected chi connectivity index (χ0v) is 14.7. The maximum Gasteiger partial charge on any atom is 0.227 e. The summed E-state index contributed by atoms with van der Waals surface area (Å²) in [5, 5.41) is 6.21. The average Bonchev–Trinajstić information content (AvgIpc) is 2.66. The van der Waals surface area contributed by atoms with Crippen LogP contribution in [0.2, 0.25) is 0 Å². The highest BCUT2D eigenvalue weighted by molar-refractivity contribution is 5.91. The topological polar surface area (TPSA) is 50.4 Å². The number of rotatable bonds is 7. The number of para-hydroxylation sites is 1. The number of aryl methyl sites for hydroxylation is 1. The molecule has 3 aromatic rings. The third kappa shape index (κ3) is 5.38. The maximum absolute atomic E-state index is 12.0. The number of benzene rings is 3. The van der Waals surface area contributed by atoms with Crippen LogP contribution in [-0.4, -0.2) is 12.5 Å². The van der Waals surface area contributed by atoms with Crippen molar-refractivity contribution < 1.29 is 9.53 Å². The van der Waals surface area contributed by atoms with Gasteiger partial charge in [-0.2, -0.15) is 0 Å². The minimum atomic E-state index is -0.0693. The van der Waals surface area contributed by atoms with Gasteiger partial charge in [0.25, 0.3) is 0 Å². The lowest BCUT2D eigenvalue weighted by molar-refractivity contribution is -0.116. The monoisotopic (exact) mass is 346 g/mol. The molecule has 0 unspecified atom stereocenters. The first kappa shape index (κ1) is 17.5. The molecule has 0 heterocycles. The van der Waals surface area contributed by atoms with E-state index in [-0.39, 0.29) is 5.91 Å². The molecule has 132 valence electrons. The van der Waals surface area contributed by atoms with Crippen LogP contribution < -0.4 is 15.4 Å². The van der Waals surface area contributed by atoms with Gasteiger partial charge in [-0.1, -0.05) is 35.9 Å². The average molecular weight is 346 g/mol. The quantitative estimate of drug-likeness (QED) is 0.622. The minimum absolute atomic E-state index is 0.0693. The van der Waals surface area contributed by atoms with Gasteiger partial charge in [-0.15, -0.1) is 0 Å². The van der Waals surface area contributed by atoms with Crippen LogP contribution in [0.25, 0.3) is 0 Å². The molecule has 0 spiro atoms. The van der Waals surface area contributed by atoms with Crippen LogP contribution >= 0.6 is 0 Å². The fraction of sp³-hybridized carbons (Fsp3) is 0.136. The normalized spacial score (nSPS) is 10.2. The summed E-state index contributed by atoms with van der Waals surface area (Å²) in [4.78, 5) is 12.0. The molecular formula is C22H22N2O2. The molecule has 0 radical (unpaired) electrons. The lowest BCUT2D eigenvalue weighted by atomic mass is 10.2. The van der Waals surface area contributed by atoms with Crippen molar-refractivity contribution >= 4 is 23.0 Å². The summed E-state index contributed by atoms with van der Waals surface area (Å²) in [7, 11) is 0. The van der Waals surface area contributed by atoms with Gasteiger partial charge >= 0.3 is 0 Å². The van der Waals surface area contributed by atoms with E-state index in [1.807, 2.05) is 66.7 Å². The van der Waals surface area contributed by atoms with Crippen LogP contribution in [0, 0.1) is 6.92 Å². The van der Waals surface area contributed by atoms with Crippen molar-refractivity contribution in [2.24, 2.45) is 0 Å². The van der Waals surface area contributed by atoms with Crippen molar-refractivity contribution in [2.45, 2.75) is 13.3 Å². The first-order valence-corrected chi connectivity index (χ1v) is 8.60. The number of nitrogens with one attached hydrogen (secondary N) is 2. The summed E-state index contributed by atoms with van der Waals surface area (Å²) in [6.07, 6.45) is 0.304. The molecule has 0 saturated heterocycles. The third-order valence-electron chi connectivity index (χ3n) is 3.85. The van der Waals surface area contributed by atoms with Gasteiger partial charge in [-0.3, -0.25) is 4.79 Å². The van der Waals surface area contributed by atoms with Gasteiger partial charge in [0, 0.05) is 17.1 Å². The fourth-order valence-corrected chi connectivity index (χ4v) is 2.44. The van der Waals surface area contributed by atoms with E-state index in [9.17, 15) is 4.79 Å². The second-order valence-electron chi connectivity index (χ2n) is 6.03. The van der Waals surface area contributed by atoms with Gasteiger partial charge < -0.3 is 15.4 Å². The minimum Gasteiger partial charge on any atom is -0.493 e. The molecule has 0 aliphatic carbocycles. The van der Waals surface area contributed by atoms with Crippen molar-refractivity contribution in [3.63, 3.8) is 0 Å². The Morgan fingerprint density at radius 3 is 2.04 bits per heavy atom. The molecule has 0 bridgehead atoms. The standard InChI is InChI=1S/C22H22N2O2/c1-17-7-9-18(10-8-17)23-19-11-13-20(14-12-19)24-22(25)15-16-26-21-5-3-2-4-6-21/h2-14,23H,15-16H2,1H3,(H,24,25). The number of carbonyl (C=O) groups is 1. The fourth-order valence-electron chi connectivity index (χ4n) is 2.44. The van der Waals surface area contributed by atoms with Crippen molar-refractivity contribution in [3.8, 4) is 5.75 Å². The Balaban J connectivity index is 1.46. The predicted octanol–water partition coefficient (Wildman–Crippen LogP) is 5.15. The zero-order chi connectivity index (χ0) is 18.2. The first-order valence-electron chi connectivity index (χ1n) is 8.60. The Bertz CT molecular complexity index is 828. The summed E-state index contributed by atoms with van der Waals surface area (Å²) >= 11 is 0. The largest absolute Gasteiger partial charge is 0.493 e. The number of carbonyl (C=O) groups excluding carboxylic acids is 1. The predicted molar refractivity (Wildman–Crippen MR) is 106 cm³/mol. The van der Waals surface area contributed by atoms with Gasteiger partial charge in [0.05, 0.1) is 13.0 Å². The zero-order valence-electron chi connectivity index (χ0n) is 14.7. The number of hydrogen-bond donors (Lipinski definition) is 2. The van der Waals surface area contributed by atoms with Crippen LogP contribution in [0.15, 0.2) is 78.9 Å². The summed E-state index contributed by atoms with van der Waals surface area (Å²) < 4.78 is 5.54. The molecule has 0 aliphatic rings. The highest BCUT2D eigenvalue weighted by atomic mass is 16.5. The number of anilines is 3. The molecule has 0 aliphatic heterocycles. The summed E-state index contributed by atoms with van der Waals surface area (Å²) in [6.45, 7) is 2.41. The third-order valence-corrected chi connectivity index (χ3v) is 3.85. The molecule has 0 fully saturated rings. The smallest absolute Gasteiger partial charge is 0.227 e. The van der Waals surface area contributed by atoms with Gasteiger partial charge in [-0.05, 0) is 55.5 Å². The van der Waals surface area contributed by atoms with E-state index in [0.717, 1.165) is 22.8 Å². The lowest BCUT2D eigenvalue weighted by Crippen LogP contribution is -2.15. The summed E-state index contributed by atoms with van der Waals surface area (Å²) in [5.41, 5.74) is 4.00. The van der Waals surface area contributed by atoms with Crippen molar-refractivity contribution in [1.82, 2.24) is 0 Å². The second kappa shape index (κ2) is 8.72. The molecule has 0 saturated carbocycles. The SMILES string of the molecule is Cc1ccc(Nc2ccc(NC(=O)CCOc3ccccc3)cc2)cc1. The Kier molecular flexibility index (Phi) is 5.88. The highest BCUT2D eigenvalue weighted by Gasteiger charge is 2.03. The molecule has 3 rings (SSSR count). The van der Waals surface area contributed by atoms with Gasteiger partial charge in [-0.25, -0.2) is 0 Å². The first-order chi connectivity index (χ1) is 12.7. The molecule has 4 nitrogen and oxygen atoms in total. The number of amides is 1. The number of ether oxygens (including phenoxy) is 1. The molecular weight excluding hydrogens is 324 g/mol. The Morgan fingerprint density at radius 1 is 0.808 bits per heavy atom. The molecule has 2 N–H and O–H groups in total. The molecule has 4 heteroatoms. The van der Waals surface area contributed by atoms with Crippen LogP contribution in [0.5, 0.6) is 5.75 Å². The van der Waals surface area contributed by atoms with E-state index >= 15 is 0 Å². The molecule has 0 atom stereocenters. The molecule has 1 amide bonds. The maximum atomic E-state index is 12.0. The van der Waals surface area contributed by atoms with E-state index < -0.39 is 0 Å². The van der Waals surface area contributed by atoms with Crippen molar-refractivity contribution in [2.75, 3.05) is 17.2 Å². The van der Waals surface area contributed by atoms with E-state index in [1.165, 1.54) is 5.56 Å². The van der Waals surface area contributed by atoms with Crippen LogP contribution in [0.1, 0.15) is 12.0 Å². The summed E-state index contributed by atoms with van der Waals surface area (Å²) in [6, 6.07) is 25.3. The van der Waals surface area contributed by atoms with Crippen LogP contribution in [-0.2, 0) is 4.79 Å². The van der Waals surface area contributed by atoms with Crippen LogP contribution in [0.3, 0.4) is 0 Å². The molecule has 26 heavy (non-hydrogen) atoms. The van der Waals surface area contributed by atoms with E-state index in [0.29, 0.717) is 13.0 Å². The van der Waals surface area contributed by atoms with E-state index in [4.69, 9.17) is 4.74 Å². The lowest BCUT2D eigenvalue weighted by Gasteiger charge is -2.09. The Hall–Kier alpha value is -3.27. The van der Waals surface area contributed by atoms with Crippen molar-refractivity contribution in [1.29, 1.82) is 0 Å². The van der Waals surface area contributed by atoms with Gasteiger partial charge in [0.1, 0.15) is 5.75 Å². The Morgan fingerprint density at radius 2 is 1.38 bits per heavy atom. The Labute approximate surface area is 153 Å². The van der Waals surface area contributed by atoms with Gasteiger partial charge in [0.15, 0.2) is 0 Å². The van der Waals surface area contributed by atoms with Crippen molar-refractivity contribution in [3.05, 3.63) is 84.4 Å².